The fourth-order valence-electron chi connectivity index (χ4n) is 4.88. The van der Waals surface area contributed by atoms with E-state index in [0.717, 1.165) is 10.8 Å². The minimum Gasteiger partial charge on any atom is -0.485 e. The van der Waals surface area contributed by atoms with Crippen molar-refractivity contribution in [2.24, 2.45) is 5.92 Å². The first-order valence-corrected chi connectivity index (χ1v) is 13.9. The number of carbonyl (C=O) groups excluding carboxylic acids is 3. The molecule has 0 radical (unpaired) electrons. The molecule has 5 amide bonds. The van der Waals surface area contributed by atoms with Gasteiger partial charge in [-0.05, 0) is 44.4 Å². The number of para-hydroxylation sites is 1. The average molecular weight is 562 g/mol. The van der Waals surface area contributed by atoms with Gasteiger partial charge in [-0.25, -0.2) is 9.59 Å². The number of nitrogens with one attached hydrogen (secondary N) is 3. The van der Waals surface area contributed by atoms with Gasteiger partial charge in [-0.1, -0.05) is 49.4 Å². The summed E-state index contributed by atoms with van der Waals surface area (Å²) in [5, 5.41) is 20.4. The third-order valence-electron chi connectivity index (χ3n) is 7.19. The zero-order chi connectivity index (χ0) is 29.7. The van der Waals surface area contributed by atoms with Crippen molar-refractivity contribution in [3.05, 3.63) is 66.2 Å². The van der Waals surface area contributed by atoms with Gasteiger partial charge in [0.2, 0.25) is 0 Å². The van der Waals surface area contributed by atoms with E-state index in [4.69, 9.17) is 4.74 Å². The van der Waals surface area contributed by atoms with Crippen molar-refractivity contribution in [1.29, 1.82) is 0 Å². The number of nitrogens with zero attached hydrogens (tertiary/aromatic N) is 2. The number of benzene rings is 3. The van der Waals surface area contributed by atoms with Crippen molar-refractivity contribution in [2.75, 3.05) is 37.4 Å². The van der Waals surface area contributed by atoms with E-state index in [1.807, 2.05) is 63.2 Å². The second kappa shape index (κ2) is 12.9. The number of likely N-dealkylation sites (N-methyl/N-ethyl adjacent to an activating group) is 1. The van der Waals surface area contributed by atoms with Crippen molar-refractivity contribution in [2.45, 2.75) is 45.9 Å². The number of ether oxygens (including phenoxy) is 1. The number of urea groups is 2. The molecule has 1 aliphatic rings. The van der Waals surface area contributed by atoms with Crippen LogP contribution in [0.1, 0.15) is 38.1 Å². The molecule has 0 fully saturated rings. The Bertz CT molecular complexity index is 1410. The number of carbonyl (C=O) groups is 3. The van der Waals surface area contributed by atoms with Crippen molar-refractivity contribution in [3.63, 3.8) is 0 Å². The van der Waals surface area contributed by atoms with E-state index in [1.165, 1.54) is 0 Å². The Morgan fingerprint density at radius 1 is 1.02 bits per heavy atom. The monoisotopic (exact) mass is 561 g/mol. The van der Waals surface area contributed by atoms with Gasteiger partial charge in [0.1, 0.15) is 6.10 Å². The maximum atomic E-state index is 13.7. The Morgan fingerprint density at radius 3 is 2.41 bits per heavy atom. The van der Waals surface area contributed by atoms with Gasteiger partial charge in [0.25, 0.3) is 5.91 Å². The Morgan fingerprint density at radius 2 is 1.68 bits per heavy atom. The summed E-state index contributed by atoms with van der Waals surface area (Å²) in [6.45, 7) is 7.85. The van der Waals surface area contributed by atoms with E-state index in [9.17, 15) is 19.5 Å². The molecule has 218 valence electrons. The van der Waals surface area contributed by atoms with Gasteiger partial charge in [-0.3, -0.25) is 4.79 Å². The molecule has 4 N–H and O–H groups in total. The molecule has 1 aliphatic heterocycles. The smallest absolute Gasteiger partial charge is 0.323 e. The molecule has 10 heteroatoms. The Hall–Kier alpha value is -4.31. The number of aliphatic hydroxyl groups is 1. The average Bonchev–Trinajstić information content (AvgIpc) is 2.94. The molecule has 3 aromatic rings. The summed E-state index contributed by atoms with van der Waals surface area (Å²) in [6, 6.07) is 17.2. The van der Waals surface area contributed by atoms with Gasteiger partial charge in [-0.2, -0.15) is 0 Å². The summed E-state index contributed by atoms with van der Waals surface area (Å²) in [7, 11) is 1.69. The molecule has 0 aromatic heterocycles. The number of anilines is 2. The van der Waals surface area contributed by atoms with Crippen LogP contribution in [0.5, 0.6) is 5.75 Å². The lowest BCUT2D eigenvalue weighted by Crippen LogP contribution is -2.51. The fourth-order valence-corrected chi connectivity index (χ4v) is 4.88. The summed E-state index contributed by atoms with van der Waals surface area (Å²) in [6.07, 6.45) is -0.512. The first-order chi connectivity index (χ1) is 19.6. The normalized spacial score (nSPS) is 17.6. The first kappa shape index (κ1) is 29.7. The predicted molar refractivity (Wildman–Crippen MR) is 160 cm³/mol. The predicted octanol–water partition coefficient (Wildman–Crippen LogP) is 4.75. The van der Waals surface area contributed by atoms with E-state index < -0.39 is 18.2 Å². The van der Waals surface area contributed by atoms with Crippen molar-refractivity contribution in [1.82, 2.24) is 15.1 Å². The number of aliphatic hydroxyl groups excluding tert-OH is 1. The Kier molecular flexibility index (Phi) is 9.34. The van der Waals surface area contributed by atoms with E-state index in [0.29, 0.717) is 17.9 Å². The lowest BCUT2D eigenvalue weighted by atomic mass is 9.99. The SMILES string of the molecule is CC(C)NC(=O)N(C)C[C@@H]1Oc2c(NC(=O)Nc3cccc4ccccc34)cccc2C(=O)N([C@@H](C)CO)C[C@H]1C. The molecule has 0 aliphatic carbocycles. The molecule has 3 aromatic carbocycles. The molecule has 3 atom stereocenters. The summed E-state index contributed by atoms with van der Waals surface area (Å²) in [5.74, 6) is -0.293. The van der Waals surface area contributed by atoms with Crippen LogP contribution in [-0.4, -0.2) is 77.8 Å². The Balaban J connectivity index is 1.66. The van der Waals surface area contributed by atoms with Crippen LogP contribution < -0.4 is 20.7 Å². The van der Waals surface area contributed by atoms with Crippen LogP contribution in [-0.2, 0) is 0 Å². The molecule has 10 nitrogen and oxygen atoms in total. The minimum atomic E-state index is -0.512. The largest absolute Gasteiger partial charge is 0.485 e. The maximum absolute atomic E-state index is 13.7. The standard InChI is InChI=1S/C31H39N5O5/c1-19(2)32-31(40)35(5)17-27-20(3)16-36(21(4)18-37)29(38)24-13-9-15-26(28(24)41-27)34-30(39)33-25-14-8-11-22-10-6-7-12-23(22)25/h6-15,19-21,27,37H,16-18H2,1-5H3,(H,32,40)(H2,33,34,39)/t20-,21+,27+/m1/s1. The van der Waals surface area contributed by atoms with E-state index >= 15 is 0 Å². The van der Waals surface area contributed by atoms with Gasteiger partial charge in [0.05, 0.1) is 36.1 Å². The third kappa shape index (κ3) is 6.89. The molecule has 1 heterocycles. The second-order valence-corrected chi connectivity index (χ2v) is 10.9. The van der Waals surface area contributed by atoms with Crippen molar-refractivity contribution >= 4 is 40.1 Å². The van der Waals surface area contributed by atoms with Gasteiger partial charge in [0, 0.05) is 30.9 Å². The second-order valence-electron chi connectivity index (χ2n) is 10.9. The molecule has 0 bridgehead atoms. The summed E-state index contributed by atoms with van der Waals surface area (Å²) < 4.78 is 6.49. The summed E-state index contributed by atoms with van der Waals surface area (Å²) >= 11 is 0. The van der Waals surface area contributed by atoms with Crippen LogP contribution in [0.4, 0.5) is 21.0 Å². The number of hydrogen-bond acceptors (Lipinski definition) is 5. The van der Waals surface area contributed by atoms with E-state index in [-0.39, 0.29) is 48.4 Å². The van der Waals surface area contributed by atoms with E-state index in [2.05, 4.69) is 16.0 Å². The number of rotatable bonds is 7. The van der Waals surface area contributed by atoms with Gasteiger partial charge in [-0.15, -0.1) is 0 Å². The highest BCUT2D eigenvalue weighted by molar-refractivity contribution is 6.08. The summed E-state index contributed by atoms with van der Waals surface area (Å²) in [5.41, 5.74) is 1.22. The van der Waals surface area contributed by atoms with Gasteiger partial charge < -0.3 is 35.6 Å². The molecular formula is C31H39N5O5. The molecule has 0 saturated heterocycles. The minimum absolute atomic E-state index is 0.0316. The van der Waals surface area contributed by atoms with Crippen LogP contribution in [0.25, 0.3) is 10.8 Å². The lowest BCUT2D eigenvalue weighted by Gasteiger charge is -2.38. The number of fused-ring (bicyclic) bond motifs is 2. The number of hydrogen-bond donors (Lipinski definition) is 4. The molecular weight excluding hydrogens is 522 g/mol. The number of amides is 5. The first-order valence-electron chi connectivity index (χ1n) is 13.9. The molecule has 0 unspecified atom stereocenters. The van der Waals surface area contributed by atoms with E-state index in [1.54, 1.807) is 42.0 Å². The molecule has 0 saturated carbocycles. The third-order valence-corrected chi connectivity index (χ3v) is 7.19. The van der Waals surface area contributed by atoms with Crippen molar-refractivity contribution in [3.8, 4) is 5.75 Å². The van der Waals surface area contributed by atoms with Gasteiger partial charge in [0.15, 0.2) is 5.75 Å². The lowest BCUT2D eigenvalue weighted by molar-refractivity contribution is 0.0368. The van der Waals surface area contributed by atoms with Crippen LogP contribution in [0, 0.1) is 5.92 Å². The van der Waals surface area contributed by atoms with Gasteiger partial charge >= 0.3 is 12.1 Å². The maximum Gasteiger partial charge on any atom is 0.323 e. The molecule has 41 heavy (non-hydrogen) atoms. The van der Waals surface area contributed by atoms with Crippen LogP contribution >= 0.6 is 0 Å². The quantitative estimate of drug-likeness (QED) is 0.331. The summed E-state index contributed by atoms with van der Waals surface area (Å²) in [4.78, 5) is 42.8. The fraction of sp³-hybridized carbons (Fsp3) is 0.387. The Labute approximate surface area is 240 Å². The van der Waals surface area contributed by atoms with Crippen LogP contribution in [0.2, 0.25) is 0 Å². The van der Waals surface area contributed by atoms with Crippen LogP contribution in [0.15, 0.2) is 60.7 Å². The zero-order valence-electron chi connectivity index (χ0n) is 24.2. The van der Waals surface area contributed by atoms with Crippen LogP contribution in [0.3, 0.4) is 0 Å². The zero-order valence-corrected chi connectivity index (χ0v) is 24.2. The highest BCUT2D eigenvalue weighted by atomic mass is 16.5. The highest BCUT2D eigenvalue weighted by Crippen LogP contribution is 2.35. The molecule has 4 rings (SSSR count). The molecule has 0 spiro atoms. The highest BCUT2D eigenvalue weighted by Gasteiger charge is 2.35. The van der Waals surface area contributed by atoms with Crippen molar-refractivity contribution < 1.29 is 24.2 Å². The topological polar surface area (TPSA) is 123 Å².